The molecule has 2 heterocycles. The lowest BCUT2D eigenvalue weighted by molar-refractivity contribution is -0.129. The molecule has 1 aromatic carbocycles. The monoisotopic (exact) mass is 367 g/mol. The predicted octanol–water partition coefficient (Wildman–Crippen LogP) is 3.63. The van der Waals surface area contributed by atoms with Gasteiger partial charge >= 0.3 is 0 Å². The van der Waals surface area contributed by atoms with Crippen molar-refractivity contribution in [1.82, 2.24) is 14.9 Å². The molecule has 0 saturated carbocycles. The molecule has 6 heteroatoms. The van der Waals surface area contributed by atoms with Gasteiger partial charge in [-0.3, -0.25) is 9.78 Å². The van der Waals surface area contributed by atoms with Crippen molar-refractivity contribution in [1.29, 1.82) is 0 Å². The van der Waals surface area contributed by atoms with Crippen LogP contribution in [0.1, 0.15) is 22.0 Å². The van der Waals surface area contributed by atoms with Crippen LogP contribution in [0.4, 0.5) is 0 Å². The molecule has 0 aliphatic heterocycles. The number of aromatic nitrogens is 2. The van der Waals surface area contributed by atoms with Crippen LogP contribution in [0.5, 0.6) is 5.75 Å². The Morgan fingerprint density at radius 1 is 1.19 bits per heavy atom. The molecule has 0 fully saturated rings. The second-order valence-corrected chi connectivity index (χ2v) is 7.01. The number of ether oxygens (including phenoxy) is 1. The van der Waals surface area contributed by atoms with Gasteiger partial charge in [0.15, 0.2) is 0 Å². The summed E-state index contributed by atoms with van der Waals surface area (Å²) in [7, 11) is 1.82. The fraction of sp³-hybridized carbons (Fsp3) is 0.250. The largest absolute Gasteiger partial charge is 0.485 e. The van der Waals surface area contributed by atoms with E-state index in [2.05, 4.69) is 9.97 Å². The second-order valence-electron chi connectivity index (χ2n) is 6.07. The number of carbonyl (C=O) groups is 1. The molecule has 0 atom stereocenters. The van der Waals surface area contributed by atoms with E-state index in [1.54, 1.807) is 11.1 Å². The van der Waals surface area contributed by atoms with Crippen molar-refractivity contribution in [2.75, 3.05) is 7.05 Å². The van der Waals surface area contributed by atoms with E-state index in [1.807, 2.05) is 61.8 Å². The third kappa shape index (κ3) is 5.13. The van der Waals surface area contributed by atoms with Gasteiger partial charge in [0.2, 0.25) is 5.91 Å². The molecule has 2 aromatic heterocycles. The third-order valence-electron chi connectivity index (χ3n) is 3.87. The Labute approximate surface area is 157 Å². The Balaban J connectivity index is 1.51. The Bertz CT molecular complexity index is 847. The molecule has 5 nitrogen and oxygen atoms in total. The Morgan fingerprint density at radius 2 is 2.00 bits per heavy atom. The average Bonchev–Trinajstić information content (AvgIpc) is 3.09. The molecule has 0 saturated heterocycles. The van der Waals surface area contributed by atoms with Crippen LogP contribution in [0, 0.1) is 6.92 Å². The van der Waals surface area contributed by atoms with E-state index < -0.39 is 0 Å². The van der Waals surface area contributed by atoms with Gasteiger partial charge in [-0.15, -0.1) is 11.3 Å². The number of aryl methyl sites for hydroxylation is 1. The van der Waals surface area contributed by atoms with Gasteiger partial charge < -0.3 is 9.64 Å². The molecule has 26 heavy (non-hydrogen) atoms. The summed E-state index contributed by atoms with van der Waals surface area (Å²) in [5.74, 6) is 0.764. The maximum absolute atomic E-state index is 12.4. The summed E-state index contributed by atoms with van der Waals surface area (Å²) in [6, 6.07) is 13.7. The van der Waals surface area contributed by atoms with E-state index in [-0.39, 0.29) is 5.91 Å². The topological polar surface area (TPSA) is 55.3 Å². The maximum atomic E-state index is 12.4. The molecular formula is C20H21N3O2S. The van der Waals surface area contributed by atoms with Gasteiger partial charge in [0.1, 0.15) is 17.4 Å². The van der Waals surface area contributed by atoms with Crippen molar-refractivity contribution in [3.63, 3.8) is 0 Å². The minimum absolute atomic E-state index is 0.0503. The lowest BCUT2D eigenvalue weighted by Crippen LogP contribution is -2.27. The first kappa shape index (κ1) is 18.1. The first-order valence-corrected chi connectivity index (χ1v) is 9.25. The van der Waals surface area contributed by atoms with Crippen LogP contribution in [-0.2, 0) is 24.4 Å². The van der Waals surface area contributed by atoms with Crippen LogP contribution in [0.2, 0.25) is 0 Å². The zero-order chi connectivity index (χ0) is 18.4. The summed E-state index contributed by atoms with van der Waals surface area (Å²) in [5.41, 5.74) is 2.84. The summed E-state index contributed by atoms with van der Waals surface area (Å²) >= 11 is 1.50. The number of likely N-dealkylation sites (N-methyl/N-ethyl adjacent to an activating group) is 1. The number of hydrogen-bond donors (Lipinski definition) is 0. The van der Waals surface area contributed by atoms with Gasteiger partial charge in [0, 0.05) is 24.7 Å². The van der Waals surface area contributed by atoms with E-state index >= 15 is 0 Å². The normalized spacial score (nSPS) is 10.5. The van der Waals surface area contributed by atoms with Gasteiger partial charge in [-0.2, -0.15) is 0 Å². The molecule has 3 rings (SSSR count). The van der Waals surface area contributed by atoms with Gasteiger partial charge in [-0.1, -0.05) is 30.3 Å². The lowest BCUT2D eigenvalue weighted by Gasteiger charge is -2.16. The minimum atomic E-state index is 0.0503. The molecule has 0 radical (unpaired) electrons. The zero-order valence-electron chi connectivity index (χ0n) is 14.9. The van der Waals surface area contributed by atoms with E-state index in [0.717, 1.165) is 22.0 Å². The quantitative estimate of drug-likeness (QED) is 0.640. The van der Waals surface area contributed by atoms with Gasteiger partial charge in [0.05, 0.1) is 18.3 Å². The van der Waals surface area contributed by atoms with Crippen molar-refractivity contribution in [2.24, 2.45) is 0 Å². The third-order valence-corrected chi connectivity index (χ3v) is 4.74. The van der Waals surface area contributed by atoms with Crippen LogP contribution in [0.3, 0.4) is 0 Å². The SMILES string of the molecule is Cc1ccc(OCc2nc(CC(=O)N(C)Cc3ccccc3)cs2)cn1. The van der Waals surface area contributed by atoms with Gasteiger partial charge in [-0.25, -0.2) is 4.98 Å². The highest BCUT2D eigenvalue weighted by Crippen LogP contribution is 2.16. The van der Waals surface area contributed by atoms with Crippen molar-refractivity contribution in [2.45, 2.75) is 26.5 Å². The van der Waals surface area contributed by atoms with Crippen LogP contribution in [0.25, 0.3) is 0 Å². The van der Waals surface area contributed by atoms with Crippen LogP contribution in [0.15, 0.2) is 54.0 Å². The van der Waals surface area contributed by atoms with Crippen LogP contribution >= 0.6 is 11.3 Å². The van der Waals surface area contributed by atoms with Crippen LogP contribution < -0.4 is 4.74 Å². The Morgan fingerprint density at radius 3 is 2.73 bits per heavy atom. The second kappa shape index (κ2) is 8.58. The number of benzene rings is 1. The molecule has 1 amide bonds. The number of thiazole rings is 1. The highest BCUT2D eigenvalue weighted by atomic mass is 32.1. The van der Waals surface area contributed by atoms with Crippen LogP contribution in [-0.4, -0.2) is 27.8 Å². The number of amides is 1. The molecule has 3 aromatic rings. The average molecular weight is 367 g/mol. The maximum Gasteiger partial charge on any atom is 0.228 e. The van der Waals surface area contributed by atoms with E-state index in [0.29, 0.717) is 25.3 Å². The Kier molecular flexibility index (Phi) is 5.96. The number of nitrogens with zero attached hydrogens (tertiary/aromatic N) is 3. The molecule has 134 valence electrons. The molecule has 0 aliphatic carbocycles. The zero-order valence-corrected chi connectivity index (χ0v) is 15.7. The summed E-state index contributed by atoms with van der Waals surface area (Å²) in [4.78, 5) is 22.8. The van der Waals surface area contributed by atoms with E-state index in [1.165, 1.54) is 11.3 Å². The smallest absolute Gasteiger partial charge is 0.228 e. The standard InChI is InChI=1S/C20H21N3O2S/c1-15-8-9-18(11-21-15)25-13-19-22-17(14-26-19)10-20(24)23(2)12-16-6-4-3-5-7-16/h3-9,11,14H,10,12-13H2,1-2H3. The Hall–Kier alpha value is -2.73. The minimum Gasteiger partial charge on any atom is -0.485 e. The fourth-order valence-corrected chi connectivity index (χ4v) is 3.12. The predicted molar refractivity (Wildman–Crippen MR) is 102 cm³/mol. The highest BCUT2D eigenvalue weighted by Gasteiger charge is 2.13. The first-order chi connectivity index (χ1) is 12.6. The van der Waals surface area contributed by atoms with E-state index in [9.17, 15) is 4.79 Å². The molecule has 0 bridgehead atoms. The summed E-state index contributed by atoms with van der Waals surface area (Å²) in [5, 5.41) is 2.76. The fourth-order valence-electron chi connectivity index (χ4n) is 2.42. The van der Waals surface area contributed by atoms with Gasteiger partial charge in [0.25, 0.3) is 0 Å². The lowest BCUT2D eigenvalue weighted by atomic mass is 10.2. The summed E-state index contributed by atoms with van der Waals surface area (Å²) < 4.78 is 5.68. The highest BCUT2D eigenvalue weighted by molar-refractivity contribution is 7.09. The molecule has 0 spiro atoms. The first-order valence-electron chi connectivity index (χ1n) is 8.37. The summed E-state index contributed by atoms with van der Waals surface area (Å²) in [6.45, 7) is 2.91. The molecular weight excluding hydrogens is 346 g/mol. The van der Waals surface area contributed by atoms with Gasteiger partial charge in [-0.05, 0) is 24.6 Å². The van der Waals surface area contributed by atoms with Crippen molar-refractivity contribution >= 4 is 17.2 Å². The molecule has 0 aliphatic rings. The van der Waals surface area contributed by atoms with Crippen molar-refractivity contribution < 1.29 is 9.53 Å². The molecule has 0 N–H and O–H groups in total. The number of pyridine rings is 1. The summed E-state index contributed by atoms with van der Waals surface area (Å²) in [6.07, 6.45) is 2.00. The number of rotatable bonds is 7. The number of carbonyl (C=O) groups excluding carboxylic acids is 1. The number of hydrogen-bond acceptors (Lipinski definition) is 5. The molecule has 0 unspecified atom stereocenters. The van der Waals surface area contributed by atoms with E-state index in [4.69, 9.17) is 4.74 Å². The van der Waals surface area contributed by atoms with Crippen molar-refractivity contribution in [3.05, 3.63) is 76.0 Å². The van der Waals surface area contributed by atoms with Crippen molar-refractivity contribution in [3.8, 4) is 5.75 Å².